The van der Waals surface area contributed by atoms with Crippen molar-refractivity contribution in [2.75, 3.05) is 65.8 Å². The van der Waals surface area contributed by atoms with Crippen molar-refractivity contribution in [1.29, 1.82) is 0 Å². The van der Waals surface area contributed by atoms with Gasteiger partial charge in [0.25, 0.3) is 0 Å². The second-order valence-electron chi connectivity index (χ2n) is 18.7. The standard InChI is InChI=1S/C40H68N2O29/c43-6-12-30-19(50)25(56)37(62-12)69-32-14(8-45)64-39(27(58)21(32)52)71-34-16(10-47)65-40(28(59)22(34)53)70-33-15(9-46)63-38(26(57)20(33)51)68-31-13(7-44)61-36(24(55)18(31)49)66-29-11(5-42-3-1-41-2-4-42)60-35(67-30)23(54)17(29)48/h11-41,43-59H,1-10H2. The number of hydrogen-bond acceptors (Lipinski definition) is 31. The quantitative estimate of drug-likeness (QED) is 0.113. The molecule has 30 atom stereocenters. The molecule has 18 N–H and O–H groups in total. The van der Waals surface area contributed by atoms with Crippen LogP contribution in [0.15, 0.2) is 0 Å². The van der Waals surface area contributed by atoms with Crippen LogP contribution in [0, 0.1) is 0 Å². The van der Waals surface area contributed by atoms with Crippen LogP contribution >= 0.6 is 0 Å². The highest BCUT2D eigenvalue weighted by molar-refractivity contribution is 5.01. The number of rotatable bonds is 7. The van der Waals surface area contributed by atoms with E-state index in [1.807, 2.05) is 4.90 Å². The van der Waals surface area contributed by atoms with Crippen molar-refractivity contribution in [3.05, 3.63) is 0 Å². The summed E-state index contributed by atoms with van der Waals surface area (Å²) in [6, 6.07) is 0. The minimum atomic E-state index is -2.14. The third-order valence-electron chi connectivity index (χ3n) is 14.1. The van der Waals surface area contributed by atoms with E-state index in [1.54, 1.807) is 0 Å². The fourth-order valence-electron chi connectivity index (χ4n) is 10.1. The molecule has 23 aliphatic rings. The van der Waals surface area contributed by atoms with Crippen LogP contribution in [0.2, 0.25) is 0 Å². The normalized spacial score (nSPS) is 53.9. The van der Waals surface area contributed by atoms with Crippen molar-refractivity contribution in [2.45, 2.75) is 184 Å². The van der Waals surface area contributed by atoms with Gasteiger partial charge in [-0.05, 0) is 0 Å². The summed E-state index contributed by atoms with van der Waals surface area (Å²) < 4.78 is 69.8. The van der Waals surface area contributed by atoms with E-state index in [4.69, 9.17) is 56.8 Å². The van der Waals surface area contributed by atoms with Gasteiger partial charge in [-0.3, -0.25) is 4.90 Å². The van der Waals surface area contributed by atoms with E-state index in [1.165, 1.54) is 0 Å². The smallest absolute Gasteiger partial charge is 0.187 e. The lowest BCUT2D eigenvalue weighted by Gasteiger charge is -2.51. The minimum Gasteiger partial charge on any atom is -0.394 e. The van der Waals surface area contributed by atoms with Crippen LogP contribution in [-0.4, -0.2) is 342 Å². The zero-order chi connectivity index (χ0) is 51.2. The molecule has 31 nitrogen and oxygen atoms in total. The molecule has 31 heteroatoms. The van der Waals surface area contributed by atoms with Crippen LogP contribution in [0.4, 0.5) is 0 Å². The summed E-state index contributed by atoms with van der Waals surface area (Å²) in [4.78, 5) is 1.89. The molecule has 71 heavy (non-hydrogen) atoms. The Kier molecular flexibility index (Phi) is 18.9. The third kappa shape index (κ3) is 11.3. The SMILES string of the molecule is OCC1OC2OC3C(CO)OC(OC4C(CO)OC(OC5C(CN6CCNCC6)OC(OC6C(CO)OC(OC7C(CO)OC(OC1C(O)C2O)C(O)C7O)C(O)C6O)C(O)C5O)C(O)C4O)C(O)C3O. The number of ether oxygens (including phenoxy) is 12. The van der Waals surface area contributed by atoms with Crippen LogP contribution in [-0.2, 0) is 56.8 Å². The molecule has 412 valence electrons. The lowest BCUT2D eigenvalue weighted by Crippen LogP contribution is -2.69. The van der Waals surface area contributed by atoms with E-state index in [-0.39, 0.29) is 6.54 Å². The van der Waals surface area contributed by atoms with E-state index in [2.05, 4.69) is 5.32 Å². The maximum absolute atomic E-state index is 11.7. The number of aliphatic hydroxyl groups excluding tert-OH is 17. The van der Waals surface area contributed by atoms with Crippen LogP contribution in [0.1, 0.15) is 0 Å². The lowest BCUT2D eigenvalue weighted by atomic mass is 9.94. The maximum Gasteiger partial charge on any atom is 0.187 e. The largest absolute Gasteiger partial charge is 0.394 e. The molecule has 0 saturated carbocycles. The molecule has 30 unspecified atom stereocenters. The second-order valence-corrected chi connectivity index (χ2v) is 18.7. The summed E-state index contributed by atoms with van der Waals surface area (Å²) in [5, 5.41) is 192. The Morgan fingerprint density at radius 3 is 0.690 bits per heavy atom. The van der Waals surface area contributed by atoms with Crippen molar-refractivity contribution < 1.29 is 144 Å². The van der Waals surface area contributed by atoms with Gasteiger partial charge in [0.2, 0.25) is 0 Å². The molecule has 23 saturated heterocycles. The average molecular weight is 1040 g/mol. The van der Waals surface area contributed by atoms with Crippen molar-refractivity contribution >= 4 is 0 Å². The summed E-state index contributed by atoms with van der Waals surface area (Å²) in [6.45, 7) is -2.91. The van der Waals surface area contributed by atoms with Gasteiger partial charge in [-0.25, -0.2) is 0 Å². The van der Waals surface area contributed by atoms with Crippen LogP contribution in [0.25, 0.3) is 0 Å². The summed E-state index contributed by atoms with van der Waals surface area (Å²) >= 11 is 0. The molecule has 12 bridgehead atoms. The molecular weight excluding hydrogens is 972 g/mol. The molecule has 0 amide bonds. The van der Waals surface area contributed by atoms with Gasteiger partial charge in [-0.2, -0.15) is 0 Å². The Hall–Kier alpha value is -1.24. The third-order valence-corrected chi connectivity index (χ3v) is 14.1. The predicted octanol–water partition coefficient (Wildman–Crippen LogP) is -13.1. The number of nitrogens with one attached hydrogen (secondary N) is 1. The first-order chi connectivity index (χ1) is 33.9. The van der Waals surface area contributed by atoms with E-state index in [9.17, 15) is 86.8 Å². The molecule has 0 aromatic heterocycles. The topological polar surface area (TPSA) is 470 Å². The first-order valence-electron chi connectivity index (χ1n) is 23.4. The predicted molar refractivity (Wildman–Crippen MR) is 218 cm³/mol. The Labute approximate surface area is 403 Å². The summed E-state index contributed by atoms with van der Waals surface area (Å²) in [5.41, 5.74) is 0. The van der Waals surface area contributed by atoms with Gasteiger partial charge in [0.05, 0.1) is 33.0 Å². The van der Waals surface area contributed by atoms with Crippen LogP contribution in [0.3, 0.4) is 0 Å². The summed E-state index contributed by atoms with van der Waals surface area (Å²) in [6.07, 6.45) is -56.9. The fraction of sp³-hybridized carbons (Fsp3) is 1.00. The number of aliphatic hydroxyl groups is 17. The van der Waals surface area contributed by atoms with E-state index >= 15 is 0 Å². The monoisotopic (exact) mass is 1040 g/mol. The van der Waals surface area contributed by atoms with Crippen LogP contribution < -0.4 is 5.32 Å². The zero-order valence-electron chi connectivity index (χ0n) is 37.8. The molecule has 23 aliphatic heterocycles. The fourth-order valence-corrected chi connectivity index (χ4v) is 10.1. The van der Waals surface area contributed by atoms with Gasteiger partial charge >= 0.3 is 0 Å². The highest BCUT2D eigenvalue weighted by atomic mass is 16.8. The Bertz CT molecular complexity index is 1650. The first kappa shape index (κ1) is 56.0. The van der Waals surface area contributed by atoms with Gasteiger partial charge in [-0.15, -0.1) is 0 Å². The number of piperazine rings is 1. The zero-order valence-corrected chi connectivity index (χ0v) is 37.8. The van der Waals surface area contributed by atoms with Crippen LogP contribution in [0.5, 0.6) is 0 Å². The minimum absolute atomic E-state index is 0.0389. The molecule has 0 aliphatic carbocycles. The van der Waals surface area contributed by atoms with Gasteiger partial charge < -0.3 is 149 Å². The van der Waals surface area contributed by atoms with Gasteiger partial charge in [-0.1, -0.05) is 0 Å². The second kappa shape index (κ2) is 24.0. The van der Waals surface area contributed by atoms with Gasteiger partial charge in [0, 0.05) is 32.7 Å². The van der Waals surface area contributed by atoms with Crippen molar-refractivity contribution in [3.63, 3.8) is 0 Å². The Balaban J connectivity index is 1.11. The molecule has 0 aromatic rings. The van der Waals surface area contributed by atoms with E-state index in [0.717, 1.165) is 0 Å². The lowest BCUT2D eigenvalue weighted by molar-refractivity contribution is -0.403. The molecule has 0 spiro atoms. The van der Waals surface area contributed by atoms with Crippen molar-refractivity contribution in [1.82, 2.24) is 10.2 Å². The summed E-state index contributed by atoms with van der Waals surface area (Å²) in [5.74, 6) is 0. The highest BCUT2D eigenvalue weighted by Crippen LogP contribution is 2.38. The molecule has 0 aromatic carbocycles. The summed E-state index contributed by atoms with van der Waals surface area (Å²) in [7, 11) is 0. The number of nitrogens with zero attached hydrogens (tertiary/aromatic N) is 1. The highest BCUT2D eigenvalue weighted by Gasteiger charge is 2.59. The van der Waals surface area contributed by atoms with Gasteiger partial charge in [0.15, 0.2) is 37.7 Å². The van der Waals surface area contributed by atoms with Gasteiger partial charge in [0.1, 0.15) is 146 Å². The van der Waals surface area contributed by atoms with E-state index < -0.39 is 217 Å². The number of hydrogen-bond donors (Lipinski definition) is 18. The molecule has 23 rings (SSSR count). The molecule has 23 fully saturated rings. The van der Waals surface area contributed by atoms with Crippen molar-refractivity contribution in [3.8, 4) is 0 Å². The molecule has 23 heterocycles. The Morgan fingerprint density at radius 1 is 0.282 bits per heavy atom. The van der Waals surface area contributed by atoms with E-state index in [0.29, 0.717) is 26.2 Å². The average Bonchev–Trinajstić information content (AvgIpc) is 3.37. The molecule has 0 radical (unpaired) electrons. The maximum atomic E-state index is 11.7. The first-order valence-corrected chi connectivity index (χ1v) is 23.4. The molecular formula is C40H68N2O29. The Morgan fingerprint density at radius 2 is 0.479 bits per heavy atom. The van der Waals surface area contributed by atoms with Crippen molar-refractivity contribution in [2.24, 2.45) is 0 Å².